The standard InChI is InChI=1S/C17H14ClN3O4/c18-13-6-8-14(9-7-13)19-17(24)21-20(11-16(23)25-21)10-15(22)12-4-2-1-3-5-12/h1-9,11,15,22H,10H2/p+2. The van der Waals surface area contributed by atoms with Crippen molar-refractivity contribution in [3.63, 3.8) is 0 Å². The second-order valence-electron chi connectivity index (χ2n) is 5.32. The molecule has 0 saturated carbocycles. The maximum atomic E-state index is 11.6. The van der Waals surface area contributed by atoms with Crippen molar-refractivity contribution in [3.8, 4) is 0 Å². The van der Waals surface area contributed by atoms with Crippen LogP contribution in [0, 0.1) is 0 Å². The molecule has 0 aliphatic carbocycles. The van der Waals surface area contributed by atoms with Gasteiger partial charge in [0.1, 0.15) is 11.8 Å². The van der Waals surface area contributed by atoms with E-state index in [0.717, 1.165) is 11.1 Å². The molecule has 0 bridgehead atoms. The fourth-order valence-corrected chi connectivity index (χ4v) is 2.42. The zero-order valence-corrected chi connectivity index (χ0v) is 13.8. The molecule has 3 rings (SSSR count). The number of hydrogen-bond acceptors (Lipinski definition) is 3. The van der Waals surface area contributed by atoms with Gasteiger partial charge in [-0.1, -0.05) is 41.9 Å². The van der Waals surface area contributed by atoms with Gasteiger partial charge in [-0.15, -0.1) is 0 Å². The van der Waals surface area contributed by atoms with Crippen molar-refractivity contribution >= 4 is 23.3 Å². The largest absolute Gasteiger partial charge is 0.554 e. The molecule has 7 nitrogen and oxygen atoms in total. The third kappa shape index (κ3) is 4.14. The summed E-state index contributed by atoms with van der Waals surface area (Å²) < 4.78 is 6.22. The molecule has 0 fully saturated rings. The summed E-state index contributed by atoms with van der Waals surface area (Å²) in [5.74, 6) is 0. The summed E-state index contributed by atoms with van der Waals surface area (Å²) in [5, 5.41) is 21.1. The minimum absolute atomic E-state index is 0.0160. The van der Waals surface area contributed by atoms with Gasteiger partial charge in [-0.2, -0.15) is 9.52 Å². The second-order valence-corrected chi connectivity index (χ2v) is 5.75. The van der Waals surface area contributed by atoms with Crippen LogP contribution in [0.1, 0.15) is 11.7 Å². The smallest absolute Gasteiger partial charge is 0.440 e. The quantitative estimate of drug-likeness (QED) is 0.354. The highest BCUT2D eigenvalue weighted by Crippen LogP contribution is 2.11. The van der Waals surface area contributed by atoms with E-state index in [1.807, 2.05) is 6.07 Å². The third-order valence-electron chi connectivity index (χ3n) is 3.49. The Labute approximate surface area is 147 Å². The number of nitrogens with zero attached hydrogens (tertiary/aromatic N) is 2. The molecule has 1 heterocycles. The first-order chi connectivity index (χ1) is 12.0. The molecule has 8 heteroatoms. The summed E-state index contributed by atoms with van der Waals surface area (Å²) in [6.07, 6.45) is 0.268. The number of aliphatic hydroxyl groups excluding tert-OH is 2. The number of aliphatic hydroxyl groups is 2. The highest BCUT2D eigenvalue weighted by molar-refractivity contribution is 6.30. The van der Waals surface area contributed by atoms with E-state index in [2.05, 4.69) is 4.99 Å². The summed E-state index contributed by atoms with van der Waals surface area (Å²) in [7, 11) is 0. The van der Waals surface area contributed by atoms with Crippen LogP contribution in [0.15, 0.2) is 70.1 Å². The van der Waals surface area contributed by atoms with Crippen LogP contribution in [-0.4, -0.2) is 21.1 Å². The highest BCUT2D eigenvalue weighted by Gasteiger charge is 2.30. The summed E-state index contributed by atoms with van der Waals surface area (Å²) in [4.78, 5) is 15.1. The van der Waals surface area contributed by atoms with Crippen LogP contribution < -0.4 is 15.3 Å². The summed E-state index contributed by atoms with van der Waals surface area (Å²) in [6, 6.07) is 15.2. The van der Waals surface area contributed by atoms with E-state index >= 15 is 0 Å². The Balaban J connectivity index is 1.87. The predicted octanol–water partition coefficient (Wildman–Crippen LogP) is 0.290. The lowest BCUT2D eigenvalue weighted by Crippen LogP contribution is -2.71. The van der Waals surface area contributed by atoms with Crippen LogP contribution in [-0.2, 0) is 6.54 Å². The van der Waals surface area contributed by atoms with E-state index in [-0.39, 0.29) is 6.54 Å². The maximum absolute atomic E-state index is 11.6. The summed E-state index contributed by atoms with van der Waals surface area (Å²) in [6.45, 7) is 0.0160. The lowest BCUT2D eigenvalue weighted by atomic mass is 10.1. The normalized spacial score (nSPS) is 13.0. The van der Waals surface area contributed by atoms with Gasteiger partial charge in [0.2, 0.25) is 11.4 Å². The second kappa shape index (κ2) is 7.33. The molecule has 0 amide bonds. The van der Waals surface area contributed by atoms with Gasteiger partial charge in [-0.25, -0.2) is 4.79 Å². The number of halogens is 1. The Kier molecular flexibility index (Phi) is 4.97. The minimum atomic E-state index is -0.877. The molecule has 3 N–H and O–H groups in total. The third-order valence-corrected chi connectivity index (χ3v) is 3.74. The maximum Gasteiger partial charge on any atom is 0.554 e. The molecule has 0 aliphatic heterocycles. The Hall–Kier alpha value is -2.90. The van der Waals surface area contributed by atoms with Crippen molar-refractivity contribution in [2.75, 3.05) is 0 Å². The average Bonchev–Trinajstić information content (AvgIpc) is 2.98. The van der Waals surface area contributed by atoms with Crippen molar-refractivity contribution < 1.29 is 24.4 Å². The topological polar surface area (TPSA) is 93.5 Å². The number of aromatic nitrogens is 2. The predicted molar refractivity (Wildman–Crippen MR) is 89.7 cm³/mol. The Morgan fingerprint density at radius 2 is 1.88 bits per heavy atom. The van der Waals surface area contributed by atoms with Gasteiger partial charge < -0.3 is 10.2 Å². The van der Waals surface area contributed by atoms with Gasteiger partial charge in [0.15, 0.2) is 0 Å². The molecule has 3 aromatic rings. The molecule has 128 valence electrons. The molecule has 0 aliphatic rings. The highest BCUT2D eigenvalue weighted by atomic mass is 35.5. The number of rotatable bonds is 4. The Morgan fingerprint density at radius 1 is 1.20 bits per heavy atom. The molecule has 0 spiro atoms. The van der Waals surface area contributed by atoms with Crippen molar-refractivity contribution in [1.29, 1.82) is 0 Å². The van der Waals surface area contributed by atoms with E-state index in [1.54, 1.807) is 48.5 Å². The first-order valence-electron chi connectivity index (χ1n) is 7.48. The van der Waals surface area contributed by atoms with Crippen molar-refractivity contribution in [2.24, 2.45) is 0 Å². The molecule has 0 radical (unpaired) electrons. The molecular weight excluding hydrogens is 346 g/mol. The summed E-state index contributed by atoms with van der Waals surface area (Å²) in [5.41, 5.74) is 0.568. The fraction of sp³-hybridized carbons (Fsp3) is 0.118. The lowest BCUT2D eigenvalue weighted by molar-refractivity contribution is -0.787. The SMILES string of the molecule is O=c1c[n+](CC(O)c2ccccc2)n(C(O)=[NH+]c2ccc(Cl)cc2)o1. The molecule has 1 aromatic heterocycles. The summed E-state index contributed by atoms with van der Waals surface area (Å²) >= 11 is 5.82. The van der Waals surface area contributed by atoms with E-state index in [9.17, 15) is 15.0 Å². The van der Waals surface area contributed by atoms with Crippen LogP contribution in [0.3, 0.4) is 0 Å². The van der Waals surface area contributed by atoms with Gasteiger partial charge in [0, 0.05) is 9.70 Å². The number of benzene rings is 2. The van der Waals surface area contributed by atoms with Gasteiger partial charge in [0.05, 0.1) is 0 Å². The Bertz CT molecular complexity index is 933. The van der Waals surface area contributed by atoms with Crippen LogP contribution in [0.2, 0.25) is 5.02 Å². The zero-order valence-electron chi connectivity index (χ0n) is 13.0. The van der Waals surface area contributed by atoms with Crippen LogP contribution in [0.25, 0.3) is 0 Å². The minimum Gasteiger partial charge on any atom is -0.440 e. The number of hydrogen-bond donors (Lipinski definition) is 3. The molecule has 25 heavy (non-hydrogen) atoms. The van der Waals surface area contributed by atoms with E-state index in [1.165, 1.54) is 4.68 Å². The van der Waals surface area contributed by atoms with Crippen LogP contribution in [0.5, 0.6) is 0 Å². The molecule has 1 unspecified atom stereocenters. The van der Waals surface area contributed by atoms with E-state index in [4.69, 9.17) is 16.1 Å². The molecule has 2 aromatic carbocycles. The Morgan fingerprint density at radius 3 is 2.56 bits per heavy atom. The van der Waals surface area contributed by atoms with Gasteiger partial charge in [-0.3, -0.25) is 0 Å². The van der Waals surface area contributed by atoms with Gasteiger partial charge in [0.25, 0.3) is 0 Å². The monoisotopic (exact) mass is 361 g/mol. The number of nitrogens with one attached hydrogen (secondary N) is 1. The van der Waals surface area contributed by atoms with E-state index in [0.29, 0.717) is 16.3 Å². The van der Waals surface area contributed by atoms with Crippen molar-refractivity contribution in [2.45, 2.75) is 12.6 Å². The van der Waals surface area contributed by atoms with Gasteiger partial charge in [-0.05, 0) is 29.8 Å². The van der Waals surface area contributed by atoms with Crippen LogP contribution in [0.4, 0.5) is 5.69 Å². The molecular formula is C17H16ClN3O4+2. The molecule has 1 atom stereocenters. The van der Waals surface area contributed by atoms with Crippen molar-refractivity contribution in [3.05, 3.63) is 81.8 Å². The van der Waals surface area contributed by atoms with E-state index < -0.39 is 17.8 Å². The average molecular weight is 362 g/mol. The lowest BCUT2D eigenvalue weighted by Gasteiger charge is -2.04. The van der Waals surface area contributed by atoms with Crippen molar-refractivity contribution in [1.82, 2.24) is 4.85 Å². The fourth-order valence-electron chi connectivity index (χ4n) is 2.30. The first-order valence-corrected chi connectivity index (χ1v) is 7.86. The van der Waals surface area contributed by atoms with Gasteiger partial charge >= 0.3 is 17.8 Å². The first kappa shape index (κ1) is 16.9. The zero-order chi connectivity index (χ0) is 17.8. The van der Waals surface area contributed by atoms with Crippen LogP contribution >= 0.6 is 11.6 Å². The molecule has 0 saturated heterocycles.